The molecular weight excluding hydrogens is 232 g/mol. The first-order chi connectivity index (χ1) is 7.92. The van der Waals surface area contributed by atoms with Crippen LogP contribution in [0.4, 0.5) is 0 Å². The first-order valence-electron chi connectivity index (χ1n) is 6.24. The zero-order chi connectivity index (χ0) is 12.9. The van der Waals surface area contributed by atoms with E-state index in [-0.39, 0.29) is 5.60 Å². The molecule has 1 rings (SSSR count). The van der Waals surface area contributed by atoms with E-state index in [4.69, 9.17) is 4.74 Å². The number of aromatic nitrogens is 1. The molecule has 3 nitrogen and oxygen atoms in total. The van der Waals surface area contributed by atoms with E-state index in [0.717, 1.165) is 24.6 Å². The third kappa shape index (κ3) is 5.61. The summed E-state index contributed by atoms with van der Waals surface area (Å²) < 4.78 is 5.66. The standard InChI is InChI=1S/C13H24N2OS/c1-6-11-9-15-12(17-11)10(2)14-7-8-16-13(3,4)5/h9-10,14H,6-8H2,1-5H3. The summed E-state index contributed by atoms with van der Waals surface area (Å²) in [5, 5.41) is 4.60. The molecule has 0 aliphatic heterocycles. The summed E-state index contributed by atoms with van der Waals surface area (Å²) in [6, 6.07) is 0.309. The molecule has 1 aromatic rings. The van der Waals surface area contributed by atoms with Gasteiger partial charge in [-0.05, 0) is 34.1 Å². The van der Waals surface area contributed by atoms with Crippen LogP contribution in [0.2, 0.25) is 0 Å². The Labute approximate surface area is 109 Å². The molecule has 1 N–H and O–H groups in total. The highest BCUT2D eigenvalue weighted by atomic mass is 32.1. The summed E-state index contributed by atoms with van der Waals surface area (Å²) in [4.78, 5) is 5.78. The fourth-order valence-corrected chi connectivity index (χ4v) is 2.29. The van der Waals surface area contributed by atoms with Gasteiger partial charge >= 0.3 is 0 Å². The number of thiazole rings is 1. The zero-order valence-electron chi connectivity index (χ0n) is 11.5. The van der Waals surface area contributed by atoms with Crippen LogP contribution in [-0.4, -0.2) is 23.7 Å². The molecule has 1 atom stereocenters. The Hall–Kier alpha value is -0.450. The second kappa shape index (κ2) is 6.47. The molecule has 17 heavy (non-hydrogen) atoms. The highest BCUT2D eigenvalue weighted by Crippen LogP contribution is 2.19. The smallest absolute Gasteiger partial charge is 0.109 e. The first kappa shape index (κ1) is 14.6. The van der Waals surface area contributed by atoms with Crippen molar-refractivity contribution in [3.63, 3.8) is 0 Å². The Morgan fingerprint density at radius 1 is 1.47 bits per heavy atom. The van der Waals surface area contributed by atoms with Gasteiger partial charge in [-0.2, -0.15) is 0 Å². The molecule has 0 saturated carbocycles. The van der Waals surface area contributed by atoms with Gasteiger partial charge in [0.2, 0.25) is 0 Å². The monoisotopic (exact) mass is 256 g/mol. The van der Waals surface area contributed by atoms with Gasteiger partial charge < -0.3 is 10.1 Å². The number of aryl methyl sites for hydroxylation is 1. The number of hydrogen-bond donors (Lipinski definition) is 1. The predicted molar refractivity (Wildman–Crippen MR) is 73.6 cm³/mol. The van der Waals surface area contributed by atoms with Gasteiger partial charge in [0, 0.05) is 17.6 Å². The Bertz CT molecular complexity index is 330. The highest BCUT2D eigenvalue weighted by Gasteiger charge is 2.11. The van der Waals surface area contributed by atoms with Crippen molar-refractivity contribution in [2.45, 2.75) is 52.7 Å². The number of nitrogens with one attached hydrogen (secondary N) is 1. The van der Waals surface area contributed by atoms with Crippen LogP contribution in [0.15, 0.2) is 6.20 Å². The lowest BCUT2D eigenvalue weighted by Gasteiger charge is -2.20. The van der Waals surface area contributed by atoms with Gasteiger partial charge in [0.15, 0.2) is 0 Å². The van der Waals surface area contributed by atoms with E-state index in [2.05, 4.69) is 44.9 Å². The van der Waals surface area contributed by atoms with Crippen molar-refractivity contribution in [1.29, 1.82) is 0 Å². The van der Waals surface area contributed by atoms with E-state index in [1.807, 2.05) is 6.20 Å². The maximum atomic E-state index is 5.66. The Kier molecular flexibility index (Phi) is 5.56. The molecule has 0 bridgehead atoms. The molecule has 0 radical (unpaired) electrons. The lowest BCUT2D eigenvalue weighted by Crippen LogP contribution is -2.28. The van der Waals surface area contributed by atoms with Crippen LogP contribution in [0.3, 0.4) is 0 Å². The van der Waals surface area contributed by atoms with Crippen LogP contribution >= 0.6 is 11.3 Å². The fraction of sp³-hybridized carbons (Fsp3) is 0.769. The number of hydrogen-bond acceptors (Lipinski definition) is 4. The number of rotatable bonds is 6. The van der Waals surface area contributed by atoms with Crippen molar-refractivity contribution in [2.75, 3.05) is 13.2 Å². The summed E-state index contributed by atoms with van der Waals surface area (Å²) in [5.74, 6) is 0. The summed E-state index contributed by atoms with van der Waals surface area (Å²) in [5.41, 5.74) is -0.0541. The van der Waals surface area contributed by atoms with Crippen molar-refractivity contribution in [3.05, 3.63) is 16.1 Å². The molecule has 0 amide bonds. The molecule has 0 aliphatic carbocycles. The Balaban J connectivity index is 2.27. The minimum Gasteiger partial charge on any atom is -0.375 e. The fourth-order valence-electron chi connectivity index (χ4n) is 1.41. The predicted octanol–water partition coefficient (Wildman–Crippen LogP) is 3.17. The van der Waals surface area contributed by atoms with Crippen LogP contribution in [0.25, 0.3) is 0 Å². The van der Waals surface area contributed by atoms with Gasteiger partial charge in [-0.3, -0.25) is 0 Å². The minimum atomic E-state index is -0.0541. The lowest BCUT2D eigenvalue weighted by molar-refractivity contribution is -0.00149. The van der Waals surface area contributed by atoms with Crippen molar-refractivity contribution in [3.8, 4) is 0 Å². The van der Waals surface area contributed by atoms with E-state index >= 15 is 0 Å². The number of ether oxygens (including phenoxy) is 1. The molecule has 0 saturated heterocycles. The maximum Gasteiger partial charge on any atom is 0.109 e. The maximum absolute atomic E-state index is 5.66. The number of nitrogens with zero attached hydrogens (tertiary/aromatic N) is 1. The summed E-state index contributed by atoms with van der Waals surface area (Å²) in [6.07, 6.45) is 3.04. The van der Waals surface area contributed by atoms with Gasteiger partial charge in [0.05, 0.1) is 18.2 Å². The molecule has 0 aliphatic rings. The van der Waals surface area contributed by atoms with Crippen molar-refractivity contribution < 1.29 is 4.74 Å². The third-order valence-electron chi connectivity index (χ3n) is 2.38. The zero-order valence-corrected chi connectivity index (χ0v) is 12.4. The van der Waals surface area contributed by atoms with Crippen LogP contribution in [-0.2, 0) is 11.2 Å². The van der Waals surface area contributed by atoms with E-state index in [9.17, 15) is 0 Å². The quantitative estimate of drug-likeness (QED) is 0.794. The summed E-state index contributed by atoms with van der Waals surface area (Å²) in [6.45, 7) is 12.1. The largest absolute Gasteiger partial charge is 0.375 e. The first-order valence-corrected chi connectivity index (χ1v) is 7.06. The van der Waals surface area contributed by atoms with Gasteiger partial charge in [0.1, 0.15) is 5.01 Å². The van der Waals surface area contributed by atoms with Gasteiger partial charge in [-0.1, -0.05) is 6.92 Å². The second-order valence-electron chi connectivity index (χ2n) is 5.16. The molecular formula is C13H24N2OS. The van der Waals surface area contributed by atoms with E-state index in [0.29, 0.717) is 6.04 Å². The summed E-state index contributed by atoms with van der Waals surface area (Å²) in [7, 11) is 0. The Morgan fingerprint density at radius 3 is 2.71 bits per heavy atom. The second-order valence-corrected chi connectivity index (χ2v) is 6.30. The average Bonchev–Trinajstić information content (AvgIpc) is 2.71. The van der Waals surface area contributed by atoms with Gasteiger partial charge in [0.25, 0.3) is 0 Å². The normalized spacial score (nSPS) is 13.9. The van der Waals surface area contributed by atoms with Crippen LogP contribution in [0.1, 0.15) is 50.5 Å². The van der Waals surface area contributed by atoms with Crippen LogP contribution in [0.5, 0.6) is 0 Å². The van der Waals surface area contributed by atoms with E-state index < -0.39 is 0 Å². The summed E-state index contributed by atoms with van der Waals surface area (Å²) >= 11 is 1.79. The SMILES string of the molecule is CCc1cnc(C(C)NCCOC(C)(C)C)s1. The average molecular weight is 256 g/mol. The van der Waals surface area contributed by atoms with Crippen LogP contribution in [0, 0.1) is 0 Å². The molecule has 1 heterocycles. The van der Waals surface area contributed by atoms with Crippen LogP contribution < -0.4 is 5.32 Å². The molecule has 0 spiro atoms. The van der Waals surface area contributed by atoms with Crippen molar-refractivity contribution >= 4 is 11.3 Å². The molecule has 98 valence electrons. The molecule has 0 fully saturated rings. The molecule has 1 aromatic heterocycles. The Morgan fingerprint density at radius 2 is 2.18 bits per heavy atom. The van der Waals surface area contributed by atoms with Gasteiger partial charge in [-0.25, -0.2) is 4.98 Å². The van der Waals surface area contributed by atoms with E-state index in [1.54, 1.807) is 11.3 Å². The van der Waals surface area contributed by atoms with Crippen molar-refractivity contribution in [1.82, 2.24) is 10.3 Å². The molecule has 4 heteroatoms. The van der Waals surface area contributed by atoms with Crippen molar-refractivity contribution in [2.24, 2.45) is 0 Å². The third-order valence-corrected chi connectivity index (χ3v) is 3.70. The van der Waals surface area contributed by atoms with E-state index in [1.165, 1.54) is 4.88 Å². The highest BCUT2D eigenvalue weighted by molar-refractivity contribution is 7.11. The lowest BCUT2D eigenvalue weighted by atomic mass is 10.2. The molecule has 0 aromatic carbocycles. The topological polar surface area (TPSA) is 34.2 Å². The van der Waals surface area contributed by atoms with Gasteiger partial charge in [-0.15, -0.1) is 11.3 Å². The molecule has 1 unspecified atom stereocenters. The minimum absolute atomic E-state index is 0.0541.